The maximum absolute atomic E-state index is 12.4. The first-order valence-electron chi connectivity index (χ1n) is 7.35. The van der Waals surface area contributed by atoms with Crippen molar-refractivity contribution >= 4 is 5.97 Å². The highest BCUT2D eigenvalue weighted by Crippen LogP contribution is 2.34. The largest absolute Gasteiger partial charge is 0.465 e. The van der Waals surface area contributed by atoms with Crippen LogP contribution in [0.5, 0.6) is 0 Å². The number of rotatable bonds is 5. The maximum atomic E-state index is 12.4. The first kappa shape index (κ1) is 15.8. The van der Waals surface area contributed by atoms with E-state index >= 15 is 0 Å². The summed E-state index contributed by atoms with van der Waals surface area (Å²) in [5.41, 5.74) is 2.75. The molecule has 0 amide bonds. The van der Waals surface area contributed by atoms with Gasteiger partial charge in [0.2, 0.25) is 0 Å². The number of benzene rings is 2. The first-order valence-corrected chi connectivity index (χ1v) is 7.35. The molecule has 0 N–H and O–H groups in total. The van der Waals surface area contributed by atoms with E-state index in [-0.39, 0.29) is 5.97 Å². The second-order valence-corrected chi connectivity index (χ2v) is 5.16. The molecule has 0 aromatic heterocycles. The van der Waals surface area contributed by atoms with Gasteiger partial charge in [-0.15, -0.1) is 0 Å². The second kappa shape index (κ2) is 7.42. The van der Waals surface area contributed by atoms with E-state index < -0.39 is 11.8 Å². The van der Waals surface area contributed by atoms with E-state index in [1.165, 1.54) is 0 Å². The monoisotopic (exact) mass is 293 g/mol. The third-order valence-corrected chi connectivity index (χ3v) is 3.61. The molecule has 0 radical (unpaired) electrons. The zero-order valence-corrected chi connectivity index (χ0v) is 12.8. The molecule has 0 aliphatic carbocycles. The molecule has 0 spiro atoms. The molecule has 0 aliphatic heterocycles. The van der Waals surface area contributed by atoms with Gasteiger partial charge in [-0.1, -0.05) is 60.2 Å². The number of aryl methyl sites for hydroxylation is 1. The van der Waals surface area contributed by atoms with Gasteiger partial charge in [0.25, 0.3) is 0 Å². The van der Waals surface area contributed by atoms with E-state index in [0.29, 0.717) is 6.61 Å². The molecular formula is C19H19NO2. The van der Waals surface area contributed by atoms with Crippen LogP contribution in [0.15, 0.2) is 54.6 Å². The van der Waals surface area contributed by atoms with Crippen LogP contribution in [0.2, 0.25) is 0 Å². The van der Waals surface area contributed by atoms with Crippen LogP contribution in [-0.2, 0) is 9.53 Å². The van der Waals surface area contributed by atoms with Crippen LogP contribution in [0.4, 0.5) is 0 Å². The predicted molar refractivity (Wildman–Crippen MR) is 85.3 cm³/mol. The number of nitrogens with zero attached hydrogens (tertiary/aromatic N) is 1. The van der Waals surface area contributed by atoms with Gasteiger partial charge in [-0.3, -0.25) is 4.79 Å². The van der Waals surface area contributed by atoms with E-state index in [0.717, 1.165) is 16.7 Å². The van der Waals surface area contributed by atoms with Gasteiger partial charge in [0.15, 0.2) is 0 Å². The molecule has 112 valence electrons. The molecule has 2 unspecified atom stereocenters. The molecule has 2 aromatic rings. The molecule has 3 heteroatoms. The normalized spacial score (nSPS) is 13.0. The number of ether oxygens (including phenoxy) is 1. The number of hydrogen-bond donors (Lipinski definition) is 0. The van der Waals surface area contributed by atoms with Gasteiger partial charge >= 0.3 is 5.97 Å². The molecule has 2 aromatic carbocycles. The van der Waals surface area contributed by atoms with Crippen LogP contribution in [0.1, 0.15) is 35.4 Å². The van der Waals surface area contributed by atoms with E-state index in [1.54, 1.807) is 6.92 Å². The van der Waals surface area contributed by atoms with Crippen LogP contribution in [-0.4, -0.2) is 12.6 Å². The lowest BCUT2D eigenvalue weighted by Gasteiger charge is -2.21. The van der Waals surface area contributed by atoms with Crippen molar-refractivity contribution in [3.63, 3.8) is 0 Å². The highest BCUT2D eigenvalue weighted by atomic mass is 16.5. The summed E-state index contributed by atoms with van der Waals surface area (Å²) in [6.07, 6.45) is 0. The molecule has 0 bridgehead atoms. The zero-order chi connectivity index (χ0) is 15.9. The van der Waals surface area contributed by atoms with Crippen molar-refractivity contribution in [3.05, 3.63) is 71.3 Å². The molecule has 2 atom stereocenters. The van der Waals surface area contributed by atoms with Gasteiger partial charge in [-0.25, -0.2) is 0 Å². The number of nitriles is 1. The fourth-order valence-electron chi connectivity index (χ4n) is 2.47. The van der Waals surface area contributed by atoms with Crippen molar-refractivity contribution in [2.75, 3.05) is 6.61 Å². The molecule has 2 rings (SSSR count). The summed E-state index contributed by atoms with van der Waals surface area (Å²) < 4.78 is 5.20. The van der Waals surface area contributed by atoms with Crippen LogP contribution >= 0.6 is 0 Å². The second-order valence-electron chi connectivity index (χ2n) is 5.16. The number of carbonyl (C=O) groups is 1. The molecule has 0 aliphatic rings. The average Bonchev–Trinajstić information content (AvgIpc) is 2.54. The third-order valence-electron chi connectivity index (χ3n) is 3.61. The van der Waals surface area contributed by atoms with Gasteiger partial charge < -0.3 is 4.74 Å². The Kier molecular flexibility index (Phi) is 5.32. The molecule has 0 saturated heterocycles. The number of esters is 1. The summed E-state index contributed by atoms with van der Waals surface area (Å²) in [7, 11) is 0. The average molecular weight is 293 g/mol. The number of hydrogen-bond acceptors (Lipinski definition) is 3. The van der Waals surface area contributed by atoms with E-state index in [2.05, 4.69) is 6.07 Å². The van der Waals surface area contributed by atoms with Crippen molar-refractivity contribution in [2.45, 2.75) is 25.7 Å². The smallest absolute Gasteiger partial charge is 0.315 e. The van der Waals surface area contributed by atoms with Crippen molar-refractivity contribution in [2.24, 2.45) is 0 Å². The highest BCUT2D eigenvalue weighted by Gasteiger charge is 2.32. The van der Waals surface area contributed by atoms with Crippen molar-refractivity contribution in [1.82, 2.24) is 0 Å². The Labute approximate surface area is 131 Å². The topological polar surface area (TPSA) is 50.1 Å². The maximum Gasteiger partial charge on any atom is 0.315 e. The van der Waals surface area contributed by atoms with Crippen LogP contribution in [0.25, 0.3) is 0 Å². The Morgan fingerprint density at radius 1 is 1.09 bits per heavy atom. The van der Waals surface area contributed by atoms with Gasteiger partial charge in [-0.05, 0) is 25.0 Å². The molecule has 0 fully saturated rings. The molecular weight excluding hydrogens is 274 g/mol. The number of carbonyl (C=O) groups excluding carboxylic acids is 1. The molecule has 0 heterocycles. The van der Waals surface area contributed by atoms with Crippen LogP contribution < -0.4 is 0 Å². The SMILES string of the molecule is CCOC(=O)C(c1ccccc1)C(C#N)c1ccc(C)cc1. The van der Waals surface area contributed by atoms with Crippen molar-refractivity contribution < 1.29 is 9.53 Å². The minimum absolute atomic E-state index is 0.300. The minimum atomic E-state index is -0.617. The van der Waals surface area contributed by atoms with E-state index in [1.807, 2.05) is 61.5 Å². The van der Waals surface area contributed by atoms with Gasteiger partial charge in [0.05, 0.1) is 18.6 Å². The van der Waals surface area contributed by atoms with E-state index in [9.17, 15) is 10.1 Å². The first-order chi connectivity index (χ1) is 10.7. The fourth-order valence-corrected chi connectivity index (χ4v) is 2.47. The summed E-state index contributed by atoms with van der Waals surface area (Å²) in [6, 6.07) is 19.3. The Bertz CT molecular complexity index is 656. The summed E-state index contributed by atoms with van der Waals surface area (Å²) in [5.74, 6) is -1.54. The lowest BCUT2D eigenvalue weighted by molar-refractivity contribution is -0.145. The fraction of sp³-hybridized carbons (Fsp3) is 0.263. The quantitative estimate of drug-likeness (QED) is 0.784. The standard InChI is InChI=1S/C19H19NO2/c1-3-22-19(21)18(16-7-5-4-6-8-16)17(13-20)15-11-9-14(2)10-12-15/h4-12,17-18H,3H2,1-2H3. The molecule has 22 heavy (non-hydrogen) atoms. The lowest BCUT2D eigenvalue weighted by Crippen LogP contribution is -2.22. The summed E-state index contributed by atoms with van der Waals surface area (Å²) in [5, 5.41) is 9.64. The predicted octanol–water partition coefficient (Wildman–Crippen LogP) is 3.95. The summed E-state index contributed by atoms with van der Waals surface area (Å²) in [6.45, 7) is 4.06. The van der Waals surface area contributed by atoms with Crippen LogP contribution in [0, 0.1) is 18.3 Å². The molecule has 3 nitrogen and oxygen atoms in total. The van der Waals surface area contributed by atoms with Crippen molar-refractivity contribution in [3.8, 4) is 6.07 Å². The van der Waals surface area contributed by atoms with Gasteiger partial charge in [0.1, 0.15) is 5.92 Å². The summed E-state index contributed by atoms with van der Waals surface area (Å²) in [4.78, 5) is 12.4. The lowest BCUT2D eigenvalue weighted by atomic mass is 9.82. The Morgan fingerprint density at radius 3 is 2.27 bits per heavy atom. The minimum Gasteiger partial charge on any atom is -0.465 e. The third kappa shape index (κ3) is 3.53. The highest BCUT2D eigenvalue weighted by molar-refractivity contribution is 5.80. The van der Waals surface area contributed by atoms with E-state index in [4.69, 9.17) is 4.74 Å². The summed E-state index contributed by atoms with van der Waals surface area (Å²) >= 11 is 0. The van der Waals surface area contributed by atoms with Gasteiger partial charge in [-0.2, -0.15) is 5.26 Å². The van der Waals surface area contributed by atoms with Gasteiger partial charge in [0, 0.05) is 0 Å². The van der Waals surface area contributed by atoms with Crippen molar-refractivity contribution in [1.29, 1.82) is 5.26 Å². The molecule has 0 saturated carbocycles. The zero-order valence-electron chi connectivity index (χ0n) is 12.8. The Hall–Kier alpha value is -2.60. The Morgan fingerprint density at radius 2 is 1.73 bits per heavy atom. The Balaban J connectivity index is 2.44. The van der Waals surface area contributed by atoms with Crippen LogP contribution in [0.3, 0.4) is 0 Å².